The Morgan fingerprint density at radius 3 is 2.14 bits per heavy atom. The number of benzene rings is 2. The third-order valence-electron chi connectivity index (χ3n) is 2.71. The third kappa shape index (κ3) is 4.06. The lowest BCUT2D eigenvalue weighted by Gasteiger charge is -2.13. The van der Waals surface area contributed by atoms with Crippen molar-refractivity contribution in [1.29, 1.82) is 0 Å². The summed E-state index contributed by atoms with van der Waals surface area (Å²) in [5, 5.41) is 0.694. The van der Waals surface area contributed by atoms with Crippen LogP contribution in [-0.4, -0.2) is 0 Å². The summed E-state index contributed by atoms with van der Waals surface area (Å²) in [4.78, 5) is 0. The molecule has 2 aromatic rings. The van der Waals surface area contributed by atoms with E-state index in [4.69, 9.17) is 4.74 Å². The molecule has 0 unspecified atom stereocenters. The van der Waals surface area contributed by atoms with Crippen LogP contribution in [0, 0.1) is 11.6 Å². The van der Waals surface area contributed by atoms with E-state index in [1.165, 1.54) is 12.1 Å². The quantitative estimate of drug-likeness (QED) is 0.304. The Morgan fingerprint density at radius 2 is 1.57 bits per heavy atom. The van der Waals surface area contributed by atoms with Crippen molar-refractivity contribution in [2.24, 2.45) is 0 Å². The first-order valence-electron chi connectivity index (χ1n) is 5.73. The van der Waals surface area contributed by atoms with E-state index in [-0.39, 0.29) is 16.6 Å². The first-order chi connectivity index (χ1) is 9.93. The molecule has 0 aliphatic rings. The van der Waals surface area contributed by atoms with E-state index in [1.54, 1.807) is 0 Å². The molecule has 0 N–H and O–H groups in total. The minimum absolute atomic E-state index is 0.118. The second-order valence-corrected chi connectivity index (χ2v) is 7.26. The van der Waals surface area contributed by atoms with Crippen LogP contribution in [0.3, 0.4) is 0 Å². The molecule has 7 heteroatoms. The molecule has 2 rings (SSSR count). The van der Waals surface area contributed by atoms with Gasteiger partial charge in [0.25, 0.3) is 0 Å². The summed E-state index contributed by atoms with van der Waals surface area (Å²) in [5.41, 5.74) is 0.925. The molecule has 0 radical (unpaired) electrons. The standard InChI is InChI=1S/C14H8Br4F2O/c15-5-7-3-10(17)14(11(18)4-7)21-6-8-12(19)2-1-9(16)13(8)20/h1-4H,5-6H2. The Bertz CT molecular complexity index is 653. The average molecular weight is 550 g/mol. The van der Waals surface area contributed by atoms with Gasteiger partial charge in [-0.05, 0) is 77.6 Å². The summed E-state index contributed by atoms with van der Waals surface area (Å²) < 4.78 is 34.8. The second-order valence-electron chi connectivity index (χ2n) is 4.13. The smallest absolute Gasteiger partial charge is 0.148 e. The van der Waals surface area contributed by atoms with Crippen LogP contribution in [0.2, 0.25) is 0 Å². The molecule has 0 aromatic heterocycles. The Hall–Kier alpha value is 0.0200. The summed E-state index contributed by atoms with van der Waals surface area (Å²) in [5.74, 6) is -0.794. The highest BCUT2D eigenvalue weighted by atomic mass is 79.9. The van der Waals surface area contributed by atoms with Gasteiger partial charge in [0, 0.05) is 5.33 Å². The molecule has 0 fully saturated rings. The molecule has 0 aliphatic heterocycles. The van der Waals surface area contributed by atoms with Crippen molar-refractivity contribution in [3.63, 3.8) is 0 Å². The lowest BCUT2D eigenvalue weighted by Crippen LogP contribution is -2.03. The first-order valence-corrected chi connectivity index (χ1v) is 9.23. The van der Waals surface area contributed by atoms with Crippen LogP contribution in [0.4, 0.5) is 8.78 Å². The van der Waals surface area contributed by atoms with Crippen LogP contribution in [-0.2, 0) is 11.9 Å². The lowest BCUT2D eigenvalue weighted by molar-refractivity contribution is 0.288. The fourth-order valence-corrected chi connectivity index (χ4v) is 3.88. The molecule has 0 amide bonds. The van der Waals surface area contributed by atoms with E-state index in [0.717, 1.165) is 5.56 Å². The molecule has 0 spiro atoms. The Balaban J connectivity index is 2.27. The zero-order chi connectivity index (χ0) is 15.6. The van der Waals surface area contributed by atoms with Gasteiger partial charge in [0.15, 0.2) is 0 Å². The molecule has 0 saturated carbocycles. The van der Waals surface area contributed by atoms with Gasteiger partial charge in [-0.3, -0.25) is 0 Å². The summed E-state index contributed by atoms with van der Waals surface area (Å²) in [6.07, 6.45) is 0. The van der Waals surface area contributed by atoms with Gasteiger partial charge in [0.2, 0.25) is 0 Å². The summed E-state index contributed by atoms with van der Waals surface area (Å²) in [6, 6.07) is 6.28. The van der Waals surface area contributed by atoms with Gasteiger partial charge in [-0.2, -0.15) is 0 Å². The molecule has 0 heterocycles. The molecule has 0 atom stereocenters. The number of alkyl halides is 1. The van der Waals surface area contributed by atoms with Gasteiger partial charge in [0.1, 0.15) is 24.0 Å². The topological polar surface area (TPSA) is 9.23 Å². The summed E-state index contributed by atoms with van der Waals surface area (Å²) in [6.45, 7) is -0.206. The largest absolute Gasteiger partial charge is 0.486 e. The molecule has 0 saturated heterocycles. The highest BCUT2D eigenvalue weighted by Crippen LogP contribution is 2.36. The monoisotopic (exact) mass is 546 g/mol. The zero-order valence-corrected chi connectivity index (χ0v) is 16.7. The van der Waals surface area contributed by atoms with Crippen molar-refractivity contribution in [2.45, 2.75) is 11.9 Å². The van der Waals surface area contributed by atoms with Crippen LogP contribution in [0.15, 0.2) is 37.7 Å². The van der Waals surface area contributed by atoms with Crippen molar-refractivity contribution >= 4 is 63.7 Å². The number of rotatable bonds is 4. The van der Waals surface area contributed by atoms with Gasteiger partial charge in [-0.25, -0.2) is 8.78 Å². The maximum atomic E-state index is 13.9. The Morgan fingerprint density at radius 1 is 0.952 bits per heavy atom. The number of hydrogen-bond donors (Lipinski definition) is 0. The normalized spacial score (nSPS) is 10.8. The second kappa shape index (κ2) is 7.53. The van der Waals surface area contributed by atoms with E-state index < -0.39 is 11.6 Å². The molecule has 1 nitrogen and oxygen atoms in total. The fourth-order valence-electron chi connectivity index (χ4n) is 1.67. The maximum absolute atomic E-state index is 13.9. The molecule has 0 aliphatic carbocycles. The molecular formula is C14H8Br4F2O. The van der Waals surface area contributed by atoms with Crippen LogP contribution >= 0.6 is 63.7 Å². The van der Waals surface area contributed by atoms with Crippen LogP contribution in [0.1, 0.15) is 11.1 Å². The first kappa shape index (κ1) is 17.4. The van der Waals surface area contributed by atoms with E-state index in [9.17, 15) is 8.78 Å². The van der Waals surface area contributed by atoms with Crippen molar-refractivity contribution in [3.05, 3.63) is 60.4 Å². The van der Waals surface area contributed by atoms with Crippen LogP contribution in [0.5, 0.6) is 5.75 Å². The van der Waals surface area contributed by atoms with Gasteiger partial charge in [-0.1, -0.05) is 15.9 Å². The summed E-state index contributed by atoms with van der Waals surface area (Å²) >= 11 is 13.2. The van der Waals surface area contributed by atoms with Crippen molar-refractivity contribution < 1.29 is 13.5 Å². The fraction of sp³-hybridized carbons (Fsp3) is 0.143. The SMILES string of the molecule is Fc1ccc(Br)c(F)c1COc1c(Br)cc(CBr)cc1Br. The Kier molecular flexibility index (Phi) is 6.23. The maximum Gasteiger partial charge on any atom is 0.148 e. The zero-order valence-electron chi connectivity index (χ0n) is 10.4. The van der Waals surface area contributed by atoms with Crippen LogP contribution in [0.25, 0.3) is 0 Å². The van der Waals surface area contributed by atoms with E-state index in [1.807, 2.05) is 12.1 Å². The van der Waals surface area contributed by atoms with Crippen LogP contribution < -0.4 is 4.74 Å². The minimum atomic E-state index is -0.653. The lowest BCUT2D eigenvalue weighted by atomic mass is 10.2. The van der Waals surface area contributed by atoms with Gasteiger partial charge in [-0.15, -0.1) is 0 Å². The highest BCUT2D eigenvalue weighted by Gasteiger charge is 2.15. The summed E-state index contributed by atoms with van der Waals surface area (Å²) in [7, 11) is 0. The predicted octanol–water partition coefficient (Wildman–Crippen LogP) is 6.73. The molecule has 21 heavy (non-hydrogen) atoms. The molecule has 0 bridgehead atoms. The molecular weight excluding hydrogens is 542 g/mol. The third-order valence-corrected chi connectivity index (χ3v) is 5.15. The number of halogens is 6. The molecule has 112 valence electrons. The van der Waals surface area contributed by atoms with Crippen molar-refractivity contribution in [2.75, 3.05) is 0 Å². The number of ether oxygens (including phenoxy) is 1. The van der Waals surface area contributed by atoms with E-state index >= 15 is 0 Å². The van der Waals surface area contributed by atoms with E-state index in [2.05, 4.69) is 63.7 Å². The Labute approximate surface area is 154 Å². The van der Waals surface area contributed by atoms with Gasteiger partial charge in [0.05, 0.1) is 19.0 Å². The minimum Gasteiger partial charge on any atom is -0.486 e. The van der Waals surface area contributed by atoms with Crippen molar-refractivity contribution in [1.82, 2.24) is 0 Å². The predicted molar refractivity (Wildman–Crippen MR) is 92.9 cm³/mol. The number of hydrogen-bond acceptors (Lipinski definition) is 1. The average Bonchev–Trinajstić information content (AvgIpc) is 2.45. The van der Waals surface area contributed by atoms with Gasteiger partial charge < -0.3 is 4.74 Å². The van der Waals surface area contributed by atoms with Gasteiger partial charge >= 0.3 is 0 Å². The molecule has 2 aromatic carbocycles. The van der Waals surface area contributed by atoms with Crippen molar-refractivity contribution in [3.8, 4) is 5.75 Å². The van der Waals surface area contributed by atoms with E-state index in [0.29, 0.717) is 20.0 Å². The highest BCUT2D eigenvalue weighted by molar-refractivity contribution is 9.11.